The van der Waals surface area contributed by atoms with Gasteiger partial charge in [-0.25, -0.2) is 13.8 Å². The van der Waals surface area contributed by atoms with Gasteiger partial charge in [0.1, 0.15) is 11.6 Å². The first kappa shape index (κ1) is 22.1. The minimum atomic E-state index is -0.445. The van der Waals surface area contributed by atoms with Gasteiger partial charge in [-0.2, -0.15) is 0 Å². The molecule has 25 heavy (non-hydrogen) atoms. The fraction of sp³-hybridized carbons (Fsp3) is 0.611. The van der Waals surface area contributed by atoms with Gasteiger partial charge in [0.25, 0.3) is 0 Å². The van der Waals surface area contributed by atoms with Crippen LogP contribution in [-0.4, -0.2) is 43.1 Å². The summed E-state index contributed by atoms with van der Waals surface area (Å²) in [6, 6.07) is 3.93. The van der Waals surface area contributed by atoms with Gasteiger partial charge >= 0.3 is 0 Å². The van der Waals surface area contributed by atoms with E-state index >= 15 is 0 Å². The van der Waals surface area contributed by atoms with Crippen molar-refractivity contribution in [3.8, 4) is 0 Å². The Morgan fingerprint density at radius 1 is 1.20 bits per heavy atom. The van der Waals surface area contributed by atoms with Gasteiger partial charge in [0, 0.05) is 24.7 Å². The highest BCUT2D eigenvalue weighted by Crippen LogP contribution is 2.13. The Morgan fingerprint density at radius 3 is 2.56 bits per heavy atom. The molecule has 0 spiro atoms. The predicted octanol–water partition coefficient (Wildman–Crippen LogP) is 3.51. The summed E-state index contributed by atoms with van der Waals surface area (Å²) in [6.07, 6.45) is 3.61. The van der Waals surface area contributed by atoms with Gasteiger partial charge < -0.3 is 10.6 Å². The Hall–Kier alpha value is -0.960. The molecule has 1 fully saturated rings. The second-order valence-electron chi connectivity index (χ2n) is 6.12. The third-order valence-electron chi connectivity index (χ3n) is 4.39. The van der Waals surface area contributed by atoms with Gasteiger partial charge in [0.15, 0.2) is 5.96 Å². The summed E-state index contributed by atoms with van der Waals surface area (Å²) in [6.45, 7) is 8.12. The molecule has 1 aliphatic heterocycles. The molecule has 0 aliphatic carbocycles. The van der Waals surface area contributed by atoms with Crippen molar-refractivity contribution in [2.75, 3.05) is 26.2 Å². The molecule has 2 N–H and O–H groups in total. The number of aliphatic imine (C=N–C) groups is 1. The first-order valence-corrected chi connectivity index (χ1v) is 8.84. The average Bonchev–Trinajstić information content (AvgIpc) is 3.10. The van der Waals surface area contributed by atoms with Crippen LogP contribution in [0.5, 0.6) is 0 Å². The average molecular weight is 466 g/mol. The summed E-state index contributed by atoms with van der Waals surface area (Å²) < 4.78 is 26.9. The molecule has 7 heteroatoms. The van der Waals surface area contributed by atoms with Gasteiger partial charge in [-0.15, -0.1) is 24.0 Å². The predicted molar refractivity (Wildman–Crippen MR) is 109 cm³/mol. The summed E-state index contributed by atoms with van der Waals surface area (Å²) in [5.41, 5.74) is 0.263. The molecule has 142 valence electrons. The van der Waals surface area contributed by atoms with E-state index in [0.29, 0.717) is 12.0 Å². The molecule has 0 amide bonds. The van der Waals surface area contributed by atoms with Crippen LogP contribution < -0.4 is 10.6 Å². The van der Waals surface area contributed by atoms with Gasteiger partial charge in [-0.3, -0.25) is 4.90 Å². The minimum absolute atomic E-state index is 0. The Labute approximate surface area is 166 Å². The molecule has 0 radical (unpaired) electrons. The molecule has 1 aromatic carbocycles. The Bertz CT molecular complexity index is 548. The third kappa shape index (κ3) is 7.05. The van der Waals surface area contributed by atoms with E-state index in [1.165, 1.54) is 18.9 Å². The normalized spacial score (nSPS) is 16.4. The standard InChI is InChI=1S/C18H28F2N4.HI/c1-3-16(24-9-5-6-10-24)13-23-18(21-4-2)22-12-14-11-15(19)7-8-17(14)20;/h7-8,11,16H,3-6,9-10,12-13H2,1-2H3,(H2,21,22,23);1H. The van der Waals surface area contributed by atoms with Crippen LogP contribution in [0, 0.1) is 11.6 Å². The molecule has 1 aromatic rings. The van der Waals surface area contributed by atoms with Crippen molar-refractivity contribution in [2.24, 2.45) is 4.99 Å². The van der Waals surface area contributed by atoms with Crippen molar-refractivity contribution in [3.05, 3.63) is 35.4 Å². The van der Waals surface area contributed by atoms with Crippen LogP contribution in [0.1, 0.15) is 38.7 Å². The maximum Gasteiger partial charge on any atom is 0.191 e. The van der Waals surface area contributed by atoms with Crippen molar-refractivity contribution in [2.45, 2.75) is 45.7 Å². The topological polar surface area (TPSA) is 39.7 Å². The molecular formula is C18H29F2IN4. The van der Waals surface area contributed by atoms with Gasteiger partial charge in [-0.1, -0.05) is 6.92 Å². The summed E-state index contributed by atoms with van der Waals surface area (Å²) in [4.78, 5) is 6.89. The highest BCUT2D eigenvalue weighted by Gasteiger charge is 2.20. The monoisotopic (exact) mass is 466 g/mol. The summed E-state index contributed by atoms with van der Waals surface area (Å²) in [5.74, 6) is -0.238. The first-order chi connectivity index (χ1) is 11.6. The molecule has 1 heterocycles. The number of rotatable bonds is 7. The largest absolute Gasteiger partial charge is 0.357 e. The Balaban J connectivity index is 0.00000312. The summed E-state index contributed by atoms with van der Waals surface area (Å²) in [5, 5.41) is 6.50. The summed E-state index contributed by atoms with van der Waals surface area (Å²) >= 11 is 0. The van der Waals surface area contributed by atoms with Crippen molar-refractivity contribution in [1.29, 1.82) is 0 Å². The number of halogens is 3. The molecule has 2 rings (SSSR count). The van der Waals surface area contributed by atoms with Crippen LogP contribution in [0.3, 0.4) is 0 Å². The molecule has 1 unspecified atom stereocenters. The van der Waals surface area contributed by atoms with Crippen molar-refractivity contribution >= 4 is 29.9 Å². The van der Waals surface area contributed by atoms with E-state index in [1.807, 2.05) is 6.92 Å². The second kappa shape index (κ2) is 11.6. The lowest BCUT2D eigenvalue weighted by atomic mass is 10.2. The highest BCUT2D eigenvalue weighted by atomic mass is 127. The number of likely N-dealkylation sites (tertiary alicyclic amines) is 1. The van der Waals surface area contributed by atoms with Crippen LogP contribution in [0.2, 0.25) is 0 Å². The zero-order chi connectivity index (χ0) is 17.4. The van der Waals surface area contributed by atoms with Crippen LogP contribution >= 0.6 is 24.0 Å². The fourth-order valence-electron chi connectivity index (χ4n) is 3.02. The fourth-order valence-corrected chi connectivity index (χ4v) is 3.02. The number of hydrogen-bond acceptors (Lipinski definition) is 2. The maximum atomic E-state index is 13.7. The molecule has 0 bridgehead atoms. The van der Waals surface area contributed by atoms with E-state index in [4.69, 9.17) is 0 Å². The van der Waals surface area contributed by atoms with E-state index in [2.05, 4.69) is 27.4 Å². The minimum Gasteiger partial charge on any atom is -0.357 e. The lowest BCUT2D eigenvalue weighted by molar-refractivity contribution is 0.236. The first-order valence-electron chi connectivity index (χ1n) is 8.84. The number of nitrogens with one attached hydrogen (secondary N) is 2. The molecule has 4 nitrogen and oxygen atoms in total. The lowest BCUT2D eigenvalue weighted by Crippen LogP contribution is -2.46. The van der Waals surface area contributed by atoms with E-state index in [-0.39, 0.29) is 36.1 Å². The van der Waals surface area contributed by atoms with E-state index in [1.54, 1.807) is 0 Å². The van der Waals surface area contributed by atoms with Crippen molar-refractivity contribution in [3.63, 3.8) is 0 Å². The van der Waals surface area contributed by atoms with Crippen LogP contribution in [0.4, 0.5) is 8.78 Å². The van der Waals surface area contributed by atoms with Gasteiger partial charge in [-0.05, 0) is 57.5 Å². The van der Waals surface area contributed by atoms with Crippen LogP contribution in [-0.2, 0) is 6.54 Å². The van der Waals surface area contributed by atoms with E-state index in [9.17, 15) is 8.78 Å². The van der Waals surface area contributed by atoms with Gasteiger partial charge in [0.2, 0.25) is 0 Å². The van der Waals surface area contributed by atoms with E-state index < -0.39 is 11.6 Å². The molecule has 0 saturated carbocycles. The number of nitrogens with zero attached hydrogens (tertiary/aromatic N) is 2. The Kier molecular flexibility index (Phi) is 10.3. The zero-order valence-corrected chi connectivity index (χ0v) is 17.4. The van der Waals surface area contributed by atoms with Crippen molar-refractivity contribution < 1.29 is 8.78 Å². The second-order valence-corrected chi connectivity index (χ2v) is 6.12. The molecular weight excluding hydrogens is 437 g/mol. The van der Waals surface area contributed by atoms with Crippen LogP contribution in [0.25, 0.3) is 0 Å². The smallest absolute Gasteiger partial charge is 0.191 e. The SMILES string of the molecule is CCNC(=NCc1cc(F)ccc1F)NCC(CC)N1CCCC1.I. The zero-order valence-electron chi connectivity index (χ0n) is 15.0. The number of guanidine groups is 1. The molecule has 1 atom stereocenters. The lowest BCUT2D eigenvalue weighted by Gasteiger charge is -2.27. The molecule has 0 aromatic heterocycles. The number of benzene rings is 1. The molecule has 1 saturated heterocycles. The third-order valence-corrected chi connectivity index (χ3v) is 4.39. The Morgan fingerprint density at radius 2 is 1.92 bits per heavy atom. The number of hydrogen-bond donors (Lipinski definition) is 2. The quantitative estimate of drug-likeness (QED) is 0.367. The molecule has 1 aliphatic rings. The van der Waals surface area contributed by atoms with Crippen molar-refractivity contribution in [1.82, 2.24) is 15.5 Å². The van der Waals surface area contributed by atoms with Gasteiger partial charge in [0.05, 0.1) is 6.54 Å². The van der Waals surface area contributed by atoms with Crippen LogP contribution in [0.15, 0.2) is 23.2 Å². The highest BCUT2D eigenvalue weighted by molar-refractivity contribution is 14.0. The maximum absolute atomic E-state index is 13.7. The summed E-state index contributed by atoms with van der Waals surface area (Å²) in [7, 11) is 0. The van der Waals surface area contributed by atoms with E-state index in [0.717, 1.165) is 44.7 Å².